The minimum Gasteiger partial charge on any atom is -0.462 e. The molecule has 0 bridgehead atoms. The molecule has 0 aromatic heterocycles. The van der Waals surface area contributed by atoms with E-state index in [1.54, 1.807) is 12.2 Å². The third-order valence-corrected chi connectivity index (χ3v) is 17.6. The van der Waals surface area contributed by atoms with Gasteiger partial charge in [-0.05, 0) is 154 Å². The van der Waals surface area contributed by atoms with Crippen molar-refractivity contribution in [1.82, 2.24) is 0 Å². The van der Waals surface area contributed by atoms with Crippen LogP contribution in [0, 0.1) is 0 Å². The van der Waals surface area contributed by atoms with Gasteiger partial charge in [0.05, 0.1) is 32.8 Å². The monoisotopic (exact) mass is 1490 g/mol. The standard InChI is InChI=1S/C85H138O17P2/c1-5-9-13-17-21-25-29-32-35-37-39-41-44-46-50-53-57-61-65-69-82(87)95-75-80(101-84(89)71-67-63-59-55-49-28-24-20-16-12-8-4)77-99-103(91,92)97-73-79(86)74-98-104(93,94)100-78-81(102-85(90)72-68-64-60-56-52-48-43-34-31-27-23-19-15-11-7-3)76-96-83(88)70-66-62-58-54-51-47-45-42-40-38-36-33-30-26-22-18-14-10-6-2/h10-11,14-15,20-27,32-36,39-43,47,51-52,56,64,68,79-81,86H,5-9,12-13,16-19,28-31,37-38,44-46,48-50,53-55,57-63,65-67,69-78H2,1-4H3,(H,91,92)(H,93,94)/b14-10-,15-11-,24-20-,25-21-,26-22-,27-23-,35-32-,36-33-,41-39-,42-40-,43-34-,51-47-,56-52-,68-64-. The van der Waals surface area contributed by atoms with Gasteiger partial charge in [0.25, 0.3) is 0 Å². The molecule has 0 fully saturated rings. The van der Waals surface area contributed by atoms with Crippen molar-refractivity contribution in [2.45, 2.75) is 303 Å². The molecule has 0 amide bonds. The van der Waals surface area contributed by atoms with Crippen LogP contribution in [0.5, 0.6) is 0 Å². The van der Waals surface area contributed by atoms with E-state index >= 15 is 0 Å². The van der Waals surface area contributed by atoms with Gasteiger partial charge in [-0.2, -0.15) is 0 Å². The second-order valence-electron chi connectivity index (χ2n) is 25.5. The zero-order chi connectivity index (χ0) is 76.0. The van der Waals surface area contributed by atoms with Gasteiger partial charge < -0.3 is 33.8 Å². The van der Waals surface area contributed by atoms with E-state index in [4.69, 9.17) is 37.0 Å². The molecule has 104 heavy (non-hydrogen) atoms. The van der Waals surface area contributed by atoms with Crippen LogP contribution in [0.2, 0.25) is 0 Å². The van der Waals surface area contributed by atoms with Gasteiger partial charge in [-0.3, -0.25) is 37.3 Å². The number of hydrogen-bond acceptors (Lipinski definition) is 15. The number of phosphoric ester groups is 2. The van der Waals surface area contributed by atoms with Crippen LogP contribution in [-0.4, -0.2) is 96.7 Å². The molecule has 0 aliphatic carbocycles. The van der Waals surface area contributed by atoms with Crippen molar-refractivity contribution >= 4 is 39.5 Å². The molecule has 0 saturated carbocycles. The lowest BCUT2D eigenvalue weighted by Crippen LogP contribution is -2.30. The number of hydrogen-bond donors (Lipinski definition) is 3. The Morgan fingerprint density at radius 2 is 0.548 bits per heavy atom. The molecule has 17 nitrogen and oxygen atoms in total. The van der Waals surface area contributed by atoms with Gasteiger partial charge in [0, 0.05) is 19.3 Å². The quantitative estimate of drug-likeness (QED) is 0.0169. The van der Waals surface area contributed by atoms with Crippen molar-refractivity contribution in [3.8, 4) is 0 Å². The SMILES string of the molecule is CC/C=C\C/C=C\C/C=C\C/C=C\C/C=C\CCCCCC(=O)OCC(COP(=O)(O)OCC(O)COP(=O)(O)OCC(COC(=O)CCCCCCCC/C=C\C/C=C\C/C=C\CCCCC)OC(=O)CCCCCCC/C=C\CCCC)OC(=O)C/C=C\C/C=C\C/C=C\C/C=C\C/C=C\CC. The van der Waals surface area contributed by atoms with Crippen LogP contribution in [0.1, 0.15) is 285 Å². The molecule has 19 heteroatoms. The Bertz CT molecular complexity index is 2640. The summed E-state index contributed by atoms with van der Waals surface area (Å²) in [6.07, 6.45) is 89.5. The average Bonchev–Trinajstić information content (AvgIpc) is 0.929. The Morgan fingerprint density at radius 3 is 0.904 bits per heavy atom. The number of aliphatic hydroxyl groups is 1. The summed E-state index contributed by atoms with van der Waals surface area (Å²) in [7, 11) is -10.0. The van der Waals surface area contributed by atoms with Gasteiger partial charge in [0.1, 0.15) is 19.3 Å². The number of carbonyl (C=O) groups is 4. The molecular weight excluding hydrogens is 1350 g/mol. The first-order valence-corrected chi connectivity index (χ1v) is 42.4. The van der Waals surface area contributed by atoms with Crippen LogP contribution in [0.25, 0.3) is 0 Å². The fourth-order valence-electron chi connectivity index (χ4n) is 9.72. The zero-order valence-electron chi connectivity index (χ0n) is 64.4. The second-order valence-corrected chi connectivity index (χ2v) is 28.5. The fraction of sp³-hybridized carbons (Fsp3) is 0.624. The molecule has 0 aromatic carbocycles. The van der Waals surface area contributed by atoms with Crippen LogP contribution in [-0.2, 0) is 65.4 Å². The molecule has 0 saturated heterocycles. The lowest BCUT2D eigenvalue weighted by Gasteiger charge is -2.21. The maximum absolute atomic E-state index is 13.1. The number of esters is 4. The molecule has 3 N–H and O–H groups in total. The number of carbonyl (C=O) groups excluding carboxylic acids is 4. The lowest BCUT2D eigenvalue weighted by molar-refractivity contribution is -0.161. The highest BCUT2D eigenvalue weighted by molar-refractivity contribution is 7.47. The van der Waals surface area contributed by atoms with E-state index < -0.39 is 97.5 Å². The van der Waals surface area contributed by atoms with E-state index in [-0.39, 0.29) is 25.7 Å². The van der Waals surface area contributed by atoms with Gasteiger partial charge in [-0.25, -0.2) is 9.13 Å². The van der Waals surface area contributed by atoms with Crippen LogP contribution >= 0.6 is 15.6 Å². The highest BCUT2D eigenvalue weighted by Crippen LogP contribution is 2.45. The highest BCUT2D eigenvalue weighted by atomic mass is 31.2. The van der Waals surface area contributed by atoms with Crippen LogP contribution in [0.15, 0.2) is 170 Å². The molecule has 590 valence electrons. The largest absolute Gasteiger partial charge is 0.472 e. The molecule has 5 atom stereocenters. The maximum Gasteiger partial charge on any atom is 0.472 e. The summed E-state index contributed by atoms with van der Waals surface area (Å²) < 4.78 is 68.3. The second kappa shape index (κ2) is 75.6. The van der Waals surface area contributed by atoms with E-state index in [0.717, 1.165) is 173 Å². The van der Waals surface area contributed by atoms with E-state index in [9.17, 15) is 43.2 Å². The lowest BCUT2D eigenvalue weighted by atomic mass is 10.1. The van der Waals surface area contributed by atoms with Crippen LogP contribution in [0.3, 0.4) is 0 Å². The third kappa shape index (κ3) is 74.7. The molecule has 0 rings (SSSR count). The molecule has 0 aliphatic heterocycles. The van der Waals surface area contributed by atoms with Crippen LogP contribution in [0.4, 0.5) is 0 Å². The Kier molecular flexibility index (Phi) is 71.6. The molecule has 5 unspecified atom stereocenters. The van der Waals surface area contributed by atoms with E-state index in [1.807, 2.05) is 12.2 Å². The molecule has 0 spiro atoms. The fourth-order valence-corrected chi connectivity index (χ4v) is 11.3. The topological polar surface area (TPSA) is 237 Å². The van der Waals surface area contributed by atoms with Crippen molar-refractivity contribution in [2.75, 3.05) is 39.6 Å². The molecule has 0 aliphatic rings. The van der Waals surface area contributed by atoms with Crippen molar-refractivity contribution < 1.29 is 80.2 Å². The third-order valence-electron chi connectivity index (χ3n) is 15.7. The van der Waals surface area contributed by atoms with Gasteiger partial charge in [-0.1, -0.05) is 275 Å². The number of phosphoric acid groups is 2. The van der Waals surface area contributed by atoms with Crippen molar-refractivity contribution in [2.24, 2.45) is 0 Å². The summed E-state index contributed by atoms with van der Waals surface area (Å²) in [6.45, 7) is 4.38. The number of ether oxygens (including phenoxy) is 4. The first-order valence-electron chi connectivity index (χ1n) is 39.4. The Morgan fingerprint density at radius 1 is 0.288 bits per heavy atom. The van der Waals surface area contributed by atoms with E-state index in [0.29, 0.717) is 25.7 Å². The van der Waals surface area contributed by atoms with E-state index in [2.05, 4.69) is 174 Å². The Hall–Kier alpha value is -5.58. The Labute approximate surface area is 629 Å². The number of allylic oxidation sites excluding steroid dienone is 27. The summed E-state index contributed by atoms with van der Waals surface area (Å²) in [4.78, 5) is 72.9. The number of aliphatic hydroxyl groups excluding tert-OH is 1. The summed E-state index contributed by atoms with van der Waals surface area (Å²) in [5, 5.41) is 10.6. The minimum absolute atomic E-state index is 0.0731. The molecule has 0 radical (unpaired) electrons. The van der Waals surface area contributed by atoms with Crippen molar-refractivity contribution in [1.29, 1.82) is 0 Å². The molecule has 0 heterocycles. The normalized spacial score (nSPS) is 14.8. The Balaban J connectivity index is 5.44. The van der Waals surface area contributed by atoms with Crippen LogP contribution < -0.4 is 0 Å². The van der Waals surface area contributed by atoms with Crippen molar-refractivity contribution in [3.63, 3.8) is 0 Å². The summed E-state index contributed by atoms with van der Waals surface area (Å²) >= 11 is 0. The van der Waals surface area contributed by atoms with Gasteiger partial charge in [-0.15, -0.1) is 0 Å². The van der Waals surface area contributed by atoms with Crippen molar-refractivity contribution in [3.05, 3.63) is 170 Å². The first-order chi connectivity index (χ1) is 50.7. The summed E-state index contributed by atoms with van der Waals surface area (Å²) in [5.41, 5.74) is 0. The summed E-state index contributed by atoms with van der Waals surface area (Å²) in [5.74, 6) is -2.40. The molecule has 0 aromatic rings. The summed E-state index contributed by atoms with van der Waals surface area (Å²) in [6, 6.07) is 0. The predicted octanol–water partition coefficient (Wildman–Crippen LogP) is 23.0. The highest BCUT2D eigenvalue weighted by Gasteiger charge is 2.30. The first kappa shape index (κ1) is 98.4. The average molecular weight is 1490 g/mol. The number of rotatable bonds is 72. The maximum atomic E-state index is 13.1. The zero-order valence-corrected chi connectivity index (χ0v) is 66.2. The van der Waals surface area contributed by atoms with Gasteiger partial charge in [0.2, 0.25) is 0 Å². The van der Waals surface area contributed by atoms with E-state index in [1.165, 1.54) is 32.1 Å². The predicted molar refractivity (Wildman–Crippen MR) is 426 cm³/mol. The minimum atomic E-state index is -5.02. The van der Waals surface area contributed by atoms with Gasteiger partial charge >= 0.3 is 39.5 Å². The van der Waals surface area contributed by atoms with Gasteiger partial charge in [0.15, 0.2) is 12.2 Å². The smallest absolute Gasteiger partial charge is 0.462 e. The molecular formula is C85H138O17P2. The number of unbranched alkanes of at least 4 members (excludes halogenated alkanes) is 19.